The van der Waals surface area contributed by atoms with Gasteiger partial charge < -0.3 is 10.5 Å². The maximum atomic E-state index is 11.6. The summed E-state index contributed by atoms with van der Waals surface area (Å²) in [7, 11) is 1.35. The van der Waals surface area contributed by atoms with Crippen LogP contribution < -0.4 is 5.73 Å². The SMILES string of the molecule is COC(=O)c1nnn(C2CCCC2)c1CCN. The maximum Gasteiger partial charge on any atom is 0.360 e. The van der Waals surface area contributed by atoms with Gasteiger partial charge in [0.2, 0.25) is 0 Å². The van der Waals surface area contributed by atoms with Crippen LogP contribution >= 0.6 is 0 Å². The van der Waals surface area contributed by atoms with E-state index in [-0.39, 0.29) is 0 Å². The Morgan fingerprint density at radius 3 is 2.82 bits per heavy atom. The van der Waals surface area contributed by atoms with Gasteiger partial charge in [0.05, 0.1) is 18.8 Å². The minimum atomic E-state index is -0.433. The molecule has 0 aliphatic heterocycles. The lowest BCUT2D eigenvalue weighted by Gasteiger charge is -2.12. The number of hydrogen-bond acceptors (Lipinski definition) is 5. The summed E-state index contributed by atoms with van der Waals surface area (Å²) in [5, 5.41) is 8.03. The average molecular weight is 238 g/mol. The zero-order chi connectivity index (χ0) is 12.3. The Hall–Kier alpha value is -1.43. The first kappa shape index (κ1) is 12.0. The van der Waals surface area contributed by atoms with Gasteiger partial charge in [0, 0.05) is 6.42 Å². The molecule has 0 atom stereocenters. The lowest BCUT2D eigenvalue weighted by atomic mass is 10.2. The first-order valence-corrected chi connectivity index (χ1v) is 6.00. The minimum Gasteiger partial charge on any atom is -0.464 e. The molecular formula is C11H18N4O2. The lowest BCUT2D eigenvalue weighted by molar-refractivity contribution is 0.0592. The van der Waals surface area contributed by atoms with Gasteiger partial charge in [-0.05, 0) is 19.4 Å². The number of esters is 1. The Labute approximate surface area is 100 Å². The van der Waals surface area contributed by atoms with Gasteiger partial charge in [0.15, 0.2) is 5.69 Å². The lowest BCUT2D eigenvalue weighted by Crippen LogP contribution is -2.16. The van der Waals surface area contributed by atoms with E-state index >= 15 is 0 Å². The summed E-state index contributed by atoms with van der Waals surface area (Å²) in [6, 6.07) is 0.363. The summed E-state index contributed by atoms with van der Waals surface area (Å²) >= 11 is 0. The highest BCUT2D eigenvalue weighted by molar-refractivity contribution is 5.88. The molecule has 0 unspecified atom stereocenters. The number of carbonyl (C=O) groups is 1. The first-order chi connectivity index (χ1) is 8.27. The van der Waals surface area contributed by atoms with Crippen LogP contribution in [-0.2, 0) is 11.2 Å². The van der Waals surface area contributed by atoms with Crippen LogP contribution in [0, 0.1) is 0 Å². The summed E-state index contributed by atoms with van der Waals surface area (Å²) in [6.45, 7) is 0.476. The summed E-state index contributed by atoms with van der Waals surface area (Å²) < 4.78 is 6.57. The third-order valence-electron chi connectivity index (χ3n) is 3.22. The van der Waals surface area contributed by atoms with E-state index < -0.39 is 5.97 Å². The normalized spacial score (nSPS) is 16.4. The number of hydrogen-bond donors (Lipinski definition) is 1. The van der Waals surface area contributed by atoms with E-state index in [1.54, 1.807) is 0 Å². The zero-order valence-electron chi connectivity index (χ0n) is 10.1. The Morgan fingerprint density at radius 1 is 1.53 bits per heavy atom. The average Bonchev–Trinajstić information content (AvgIpc) is 2.96. The number of carbonyl (C=O) groups excluding carboxylic acids is 1. The van der Waals surface area contributed by atoms with Crippen molar-refractivity contribution in [2.24, 2.45) is 5.73 Å². The molecule has 6 heteroatoms. The summed E-state index contributed by atoms with van der Waals surface area (Å²) in [5.41, 5.74) is 6.70. The van der Waals surface area contributed by atoms with Crippen LogP contribution in [0.25, 0.3) is 0 Å². The molecule has 1 fully saturated rings. The number of nitrogens with two attached hydrogens (primary N) is 1. The fourth-order valence-electron chi connectivity index (χ4n) is 2.38. The molecule has 2 rings (SSSR count). The van der Waals surface area contributed by atoms with Gasteiger partial charge in [-0.3, -0.25) is 0 Å². The van der Waals surface area contributed by atoms with Gasteiger partial charge in [-0.15, -0.1) is 5.10 Å². The monoisotopic (exact) mass is 238 g/mol. The number of rotatable bonds is 4. The molecule has 1 aliphatic rings. The quantitative estimate of drug-likeness (QED) is 0.780. The molecular weight excluding hydrogens is 220 g/mol. The van der Waals surface area contributed by atoms with Crippen LogP contribution in [0.4, 0.5) is 0 Å². The van der Waals surface area contributed by atoms with E-state index in [0.29, 0.717) is 24.7 Å². The van der Waals surface area contributed by atoms with Crippen LogP contribution in [-0.4, -0.2) is 34.6 Å². The van der Waals surface area contributed by atoms with Crippen molar-refractivity contribution in [3.05, 3.63) is 11.4 Å². The predicted molar refractivity (Wildman–Crippen MR) is 61.6 cm³/mol. The number of aromatic nitrogens is 3. The standard InChI is InChI=1S/C11H18N4O2/c1-17-11(16)10-9(6-7-12)15(14-13-10)8-4-2-3-5-8/h8H,2-7,12H2,1H3. The highest BCUT2D eigenvalue weighted by Crippen LogP contribution is 2.30. The highest BCUT2D eigenvalue weighted by Gasteiger charge is 2.25. The van der Waals surface area contributed by atoms with Crippen LogP contribution in [0.2, 0.25) is 0 Å². The molecule has 0 aromatic carbocycles. The Morgan fingerprint density at radius 2 is 2.24 bits per heavy atom. The largest absolute Gasteiger partial charge is 0.464 e. The second kappa shape index (κ2) is 5.27. The van der Waals surface area contributed by atoms with Crippen molar-refractivity contribution < 1.29 is 9.53 Å². The Balaban J connectivity index is 2.31. The summed E-state index contributed by atoms with van der Waals surface area (Å²) in [6.07, 6.45) is 5.22. The van der Waals surface area contributed by atoms with E-state index in [0.717, 1.165) is 18.5 Å². The predicted octanol–water partition coefficient (Wildman–Crippen LogP) is 0.681. The number of nitrogens with zero attached hydrogens (tertiary/aromatic N) is 3. The summed E-state index contributed by atoms with van der Waals surface area (Å²) in [4.78, 5) is 11.6. The highest BCUT2D eigenvalue weighted by atomic mass is 16.5. The van der Waals surface area contributed by atoms with Gasteiger partial charge >= 0.3 is 5.97 Å². The Kier molecular flexibility index (Phi) is 3.73. The smallest absolute Gasteiger partial charge is 0.360 e. The molecule has 0 saturated heterocycles. The van der Waals surface area contributed by atoms with E-state index in [1.807, 2.05) is 4.68 Å². The number of methoxy groups -OCH3 is 1. The van der Waals surface area contributed by atoms with Crippen molar-refractivity contribution in [3.8, 4) is 0 Å². The van der Waals surface area contributed by atoms with Crippen LogP contribution in [0.5, 0.6) is 0 Å². The van der Waals surface area contributed by atoms with Crippen LogP contribution in [0.15, 0.2) is 0 Å². The third-order valence-corrected chi connectivity index (χ3v) is 3.22. The van der Waals surface area contributed by atoms with Crippen LogP contribution in [0.1, 0.15) is 47.9 Å². The second-order valence-electron chi connectivity index (χ2n) is 4.30. The van der Waals surface area contributed by atoms with Crippen molar-refractivity contribution in [2.75, 3.05) is 13.7 Å². The summed E-state index contributed by atoms with van der Waals surface area (Å²) in [5.74, 6) is -0.433. The molecule has 1 heterocycles. The molecule has 1 aromatic rings. The van der Waals surface area contributed by atoms with Gasteiger partial charge in [-0.1, -0.05) is 18.1 Å². The maximum absolute atomic E-state index is 11.6. The van der Waals surface area contributed by atoms with Gasteiger partial charge in [0.25, 0.3) is 0 Å². The minimum absolute atomic E-state index is 0.310. The first-order valence-electron chi connectivity index (χ1n) is 6.00. The topological polar surface area (TPSA) is 83.0 Å². The van der Waals surface area contributed by atoms with E-state index in [4.69, 9.17) is 10.5 Å². The van der Waals surface area contributed by atoms with Gasteiger partial charge in [-0.2, -0.15) is 0 Å². The molecule has 1 aliphatic carbocycles. The molecule has 0 spiro atoms. The molecule has 94 valence electrons. The van der Waals surface area contributed by atoms with Crippen molar-refractivity contribution in [1.29, 1.82) is 0 Å². The van der Waals surface area contributed by atoms with Crippen molar-refractivity contribution in [2.45, 2.75) is 38.1 Å². The Bertz CT molecular complexity index is 396. The molecule has 2 N–H and O–H groups in total. The van der Waals surface area contributed by atoms with Crippen molar-refractivity contribution in [1.82, 2.24) is 15.0 Å². The van der Waals surface area contributed by atoms with Crippen molar-refractivity contribution in [3.63, 3.8) is 0 Å². The molecule has 6 nitrogen and oxygen atoms in total. The zero-order valence-corrected chi connectivity index (χ0v) is 10.1. The van der Waals surface area contributed by atoms with E-state index in [9.17, 15) is 4.79 Å². The molecule has 17 heavy (non-hydrogen) atoms. The number of ether oxygens (including phenoxy) is 1. The fourth-order valence-corrected chi connectivity index (χ4v) is 2.38. The third kappa shape index (κ3) is 2.31. The fraction of sp³-hybridized carbons (Fsp3) is 0.727. The van der Waals surface area contributed by atoms with E-state index in [1.165, 1.54) is 20.0 Å². The molecule has 1 saturated carbocycles. The molecule has 1 aromatic heterocycles. The van der Waals surface area contributed by atoms with Gasteiger partial charge in [-0.25, -0.2) is 9.48 Å². The molecule has 0 bridgehead atoms. The molecule has 0 amide bonds. The van der Waals surface area contributed by atoms with Crippen LogP contribution in [0.3, 0.4) is 0 Å². The second-order valence-corrected chi connectivity index (χ2v) is 4.30. The van der Waals surface area contributed by atoms with E-state index in [2.05, 4.69) is 10.3 Å². The molecule has 0 radical (unpaired) electrons. The van der Waals surface area contributed by atoms with Crippen molar-refractivity contribution >= 4 is 5.97 Å². The van der Waals surface area contributed by atoms with Gasteiger partial charge in [0.1, 0.15) is 0 Å².